The van der Waals surface area contributed by atoms with Crippen LogP contribution in [0.2, 0.25) is 0 Å². The van der Waals surface area contributed by atoms with Gasteiger partial charge < -0.3 is 10.2 Å². The van der Waals surface area contributed by atoms with E-state index in [-0.39, 0.29) is 23.2 Å². The average Bonchev–Trinajstić information content (AvgIpc) is 2.54. The summed E-state index contributed by atoms with van der Waals surface area (Å²) in [6.07, 6.45) is 0.769. The molecule has 1 saturated carbocycles. The number of carbonyl (C=O) groups excluding carboxylic acids is 1. The van der Waals surface area contributed by atoms with Crippen molar-refractivity contribution in [3.8, 4) is 0 Å². The Balaban J connectivity index is 2.37. The van der Waals surface area contributed by atoms with Gasteiger partial charge in [0, 0.05) is 17.9 Å². The van der Waals surface area contributed by atoms with Crippen LogP contribution >= 0.6 is 0 Å². The van der Waals surface area contributed by atoms with Crippen LogP contribution in [0.5, 0.6) is 0 Å². The van der Waals surface area contributed by atoms with Crippen LogP contribution in [0, 0.1) is 17.8 Å². The summed E-state index contributed by atoms with van der Waals surface area (Å²) in [5.74, 6) is -1.05. The quantitative estimate of drug-likeness (QED) is 0.747. The van der Waals surface area contributed by atoms with Crippen molar-refractivity contribution in [1.82, 2.24) is 0 Å². The molecule has 0 spiro atoms. The molecule has 0 aromatic carbocycles. The first kappa shape index (κ1) is 14.0. The lowest BCUT2D eigenvalue weighted by Crippen LogP contribution is -2.25. The van der Waals surface area contributed by atoms with Crippen molar-refractivity contribution in [2.45, 2.75) is 39.2 Å². The summed E-state index contributed by atoms with van der Waals surface area (Å²) in [6, 6.07) is 0. The molecule has 2 rings (SSSR count). The topological polar surface area (TPSA) is 74.6 Å². The van der Waals surface area contributed by atoms with E-state index in [9.17, 15) is 14.7 Å². The minimum Gasteiger partial charge on any atom is -0.478 e. The van der Waals surface area contributed by atoms with Crippen LogP contribution in [-0.2, 0) is 9.59 Å². The van der Waals surface area contributed by atoms with Gasteiger partial charge in [0.05, 0.1) is 6.10 Å². The van der Waals surface area contributed by atoms with Crippen molar-refractivity contribution in [3.05, 3.63) is 23.3 Å². The number of carboxylic acid groups (broad SMARTS) is 1. The zero-order chi connectivity index (χ0) is 14.3. The Kier molecular flexibility index (Phi) is 3.63. The number of ketones is 1. The molecule has 4 atom stereocenters. The van der Waals surface area contributed by atoms with E-state index in [2.05, 4.69) is 6.58 Å². The van der Waals surface area contributed by atoms with Crippen LogP contribution in [0.4, 0.5) is 0 Å². The van der Waals surface area contributed by atoms with Crippen LogP contribution in [0.3, 0.4) is 0 Å². The van der Waals surface area contributed by atoms with Gasteiger partial charge >= 0.3 is 5.97 Å². The van der Waals surface area contributed by atoms with Gasteiger partial charge in [0.2, 0.25) is 0 Å². The summed E-state index contributed by atoms with van der Waals surface area (Å²) in [4.78, 5) is 22.9. The van der Waals surface area contributed by atoms with Gasteiger partial charge in [0.15, 0.2) is 5.78 Å². The molecule has 2 N–H and O–H groups in total. The summed E-state index contributed by atoms with van der Waals surface area (Å²) in [6.45, 7) is 7.41. The highest BCUT2D eigenvalue weighted by atomic mass is 16.4. The van der Waals surface area contributed by atoms with Crippen LogP contribution in [0.25, 0.3) is 0 Å². The lowest BCUT2D eigenvalue weighted by atomic mass is 9.86. The van der Waals surface area contributed by atoms with E-state index in [4.69, 9.17) is 5.11 Å². The molecule has 2 aliphatic rings. The third kappa shape index (κ3) is 2.37. The number of carboxylic acids is 1. The second kappa shape index (κ2) is 4.93. The summed E-state index contributed by atoms with van der Waals surface area (Å²) < 4.78 is 0. The molecule has 104 valence electrons. The first-order chi connectivity index (χ1) is 8.82. The molecule has 0 bridgehead atoms. The van der Waals surface area contributed by atoms with Crippen LogP contribution < -0.4 is 0 Å². The third-order valence-corrected chi connectivity index (χ3v) is 4.68. The maximum atomic E-state index is 11.8. The molecule has 19 heavy (non-hydrogen) atoms. The molecule has 0 radical (unpaired) electrons. The van der Waals surface area contributed by atoms with E-state index in [0.717, 1.165) is 11.1 Å². The zero-order valence-electron chi connectivity index (χ0n) is 11.3. The predicted molar refractivity (Wildman–Crippen MR) is 70.5 cm³/mol. The molecule has 0 heterocycles. The second-order valence-corrected chi connectivity index (χ2v) is 5.81. The molecule has 4 unspecified atom stereocenters. The Morgan fingerprint density at radius 2 is 2.00 bits per heavy atom. The van der Waals surface area contributed by atoms with Gasteiger partial charge in [0.1, 0.15) is 0 Å². The maximum absolute atomic E-state index is 11.8. The van der Waals surface area contributed by atoms with Crippen molar-refractivity contribution < 1.29 is 19.8 Å². The smallest absolute Gasteiger partial charge is 0.331 e. The molecule has 2 aliphatic carbocycles. The fourth-order valence-electron chi connectivity index (χ4n) is 3.38. The van der Waals surface area contributed by atoms with E-state index in [0.29, 0.717) is 19.3 Å². The number of aliphatic hydroxyl groups excluding tert-OH is 1. The molecular weight excluding hydrogens is 244 g/mol. The number of Topliss-reactive ketones (excluding diaryl/α,β-unsaturated/α-hetero) is 1. The van der Waals surface area contributed by atoms with E-state index in [1.165, 1.54) is 0 Å². The standard InChI is InChI=1S/C15H20O4/c1-7-4-14(17)12(9(3)15(18)19)5-11-8(2)13(16)6-10(7)11/h7,10,12,14,17H,3-6H2,1-2H3,(H,18,19). The molecule has 1 fully saturated rings. The molecule has 0 amide bonds. The zero-order valence-corrected chi connectivity index (χ0v) is 11.3. The third-order valence-electron chi connectivity index (χ3n) is 4.68. The molecular formula is C15H20O4. The first-order valence-electron chi connectivity index (χ1n) is 6.66. The van der Waals surface area contributed by atoms with E-state index < -0.39 is 18.0 Å². The van der Waals surface area contributed by atoms with Crippen LogP contribution in [-0.4, -0.2) is 28.1 Å². The number of allylic oxidation sites excluding steroid dienone is 2. The fraction of sp³-hybridized carbons (Fsp3) is 0.600. The predicted octanol–water partition coefficient (Wildman–Crippen LogP) is 1.94. The molecule has 0 aromatic heterocycles. The largest absolute Gasteiger partial charge is 0.478 e. The Morgan fingerprint density at radius 3 is 2.58 bits per heavy atom. The number of fused-ring (bicyclic) bond motifs is 1. The maximum Gasteiger partial charge on any atom is 0.331 e. The molecule has 0 aliphatic heterocycles. The normalized spacial score (nSPS) is 35.0. The second-order valence-electron chi connectivity index (χ2n) is 5.81. The summed E-state index contributed by atoms with van der Waals surface area (Å²) >= 11 is 0. The van der Waals surface area contributed by atoms with Crippen LogP contribution in [0.1, 0.15) is 33.1 Å². The Bertz CT molecular complexity index is 475. The molecule has 4 nitrogen and oxygen atoms in total. The first-order valence-corrected chi connectivity index (χ1v) is 6.66. The molecule has 0 aromatic rings. The fourth-order valence-corrected chi connectivity index (χ4v) is 3.38. The van der Waals surface area contributed by atoms with Gasteiger partial charge in [-0.05, 0) is 37.2 Å². The minimum atomic E-state index is -1.07. The summed E-state index contributed by atoms with van der Waals surface area (Å²) in [5, 5.41) is 19.3. The average molecular weight is 264 g/mol. The number of hydrogen-bond acceptors (Lipinski definition) is 3. The van der Waals surface area contributed by atoms with Crippen molar-refractivity contribution in [2.75, 3.05) is 0 Å². The van der Waals surface area contributed by atoms with Crippen molar-refractivity contribution in [1.29, 1.82) is 0 Å². The SMILES string of the molecule is C=C(C(=O)O)C1CC2=C(C)C(=O)CC2C(C)CC1O. The van der Waals surface area contributed by atoms with Gasteiger partial charge in [-0.2, -0.15) is 0 Å². The lowest BCUT2D eigenvalue weighted by Gasteiger charge is -2.21. The summed E-state index contributed by atoms with van der Waals surface area (Å²) in [5.41, 5.74) is 1.83. The highest BCUT2D eigenvalue weighted by molar-refractivity contribution is 5.98. The van der Waals surface area contributed by atoms with E-state index >= 15 is 0 Å². The monoisotopic (exact) mass is 264 g/mol. The Labute approximate surface area is 112 Å². The number of carbonyl (C=O) groups is 2. The van der Waals surface area contributed by atoms with Crippen LogP contribution in [0.15, 0.2) is 23.3 Å². The molecule has 0 saturated heterocycles. The van der Waals surface area contributed by atoms with E-state index in [1.54, 1.807) is 0 Å². The van der Waals surface area contributed by atoms with Gasteiger partial charge in [-0.15, -0.1) is 0 Å². The molecule has 4 heteroatoms. The minimum absolute atomic E-state index is 0.0417. The van der Waals surface area contributed by atoms with Gasteiger partial charge in [0.25, 0.3) is 0 Å². The lowest BCUT2D eigenvalue weighted by molar-refractivity contribution is -0.133. The van der Waals surface area contributed by atoms with Gasteiger partial charge in [-0.25, -0.2) is 4.79 Å². The number of hydrogen-bond donors (Lipinski definition) is 2. The van der Waals surface area contributed by atoms with Gasteiger partial charge in [-0.3, -0.25) is 4.79 Å². The highest BCUT2D eigenvalue weighted by Gasteiger charge is 2.41. The van der Waals surface area contributed by atoms with Gasteiger partial charge in [-0.1, -0.05) is 19.1 Å². The summed E-state index contributed by atoms with van der Waals surface area (Å²) in [7, 11) is 0. The highest BCUT2D eigenvalue weighted by Crippen LogP contribution is 2.45. The van der Waals surface area contributed by atoms with Crippen molar-refractivity contribution >= 4 is 11.8 Å². The van der Waals surface area contributed by atoms with Crippen molar-refractivity contribution in [3.63, 3.8) is 0 Å². The number of aliphatic carboxylic acids is 1. The number of rotatable bonds is 2. The Morgan fingerprint density at radius 1 is 1.37 bits per heavy atom. The van der Waals surface area contributed by atoms with Crippen molar-refractivity contribution in [2.24, 2.45) is 17.8 Å². The number of aliphatic hydroxyl groups is 1. The Hall–Kier alpha value is -1.42. The van der Waals surface area contributed by atoms with E-state index in [1.807, 2.05) is 13.8 Å².